The summed E-state index contributed by atoms with van der Waals surface area (Å²) >= 11 is 0. The number of rotatable bonds is 48. The lowest BCUT2D eigenvalue weighted by atomic mass is 10.0. The first-order valence-corrected chi connectivity index (χ1v) is 27.0. The minimum absolute atomic E-state index is 0.0654. The zero-order valence-corrected chi connectivity index (χ0v) is 41.7. The van der Waals surface area contributed by atoms with Crippen LogP contribution in [0.3, 0.4) is 0 Å². The molecule has 3 atom stereocenters. The van der Waals surface area contributed by atoms with Crippen LogP contribution in [-0.2, 0) is 14.3 Å². The molecular formula is C57H103NO5. The topological polar surface area (TPSA) is 95.9 Å². The first-order chi connectivity index (χ1) is 31.0. The first kappa shape index (κ1) is 60.6. The van der Waals surface area contributed by atoms with Crippen LogP contribution in [0.2, 0.25) is 0 Å². The molecule has 1 amide bonds. The van der Waals surface area contributed by atoms with Crippen molar-refractivity contribution in [2.45, 2.75) is 283 Å². The number of hydrogen-bond donors (Lipinski definition) is 3. The molecule has 0 aromatic heterocycles. The van der Waals surface area contributed by atoms with Gasteiger partial charge in [0.05, 0.1) is 25.2 Å². The van der Waals surface area contributed by atoms with Gasteiger partial charge in [-0.15, -0.1) is 0 Å². The Hall–Kier alpha value is -2.44. The molecule has 6 nitrogen and oxygen atoms in total. The summed E-state index contributed by atoms with van der Waals surface area (Å²) in [5, 5.41) is 23.7. The molecule has 0 saturated heterocycles. The van der Waals surface area contributed by atoms with Crippen LogP contribution in [0.4, 0.5) is 0 Å². The van der Waals surface area contributed by atoms with Crippen molar-refractivity contribution in [2.24, 2.45) is 0 Å². The van der Waals surface area contributed by atoms with Crippen LogP contribution < -0.4 is 5.32 Å². The predicted octanol–water partition coefficient (Wildman–Crippen LogP) is 16.4. The monoisotopic (exact) mass is 882 g/mol. The number of hydrogen-bond acceptors (Lipinski definition) is 5. The normalized spacial score (nSPS) is 13.7. The molecule has 3 unspecified atom stereocenters. The second-order valence-electron chi connectivity index (χ2n) is 18.3. The number of esters is 1. The molecule has 0 aliphatic rings. The van der Waals surface area contributed by atoms with Crippen molar-refractivity contribution in [2.75, 3.05) is 6.61 Å². The molecule has 63 heavy (non-hydrogen) atoms. The quantitative estimate of drug-likeness (QED) is 0.0321. The Balaban J connectivity index is 4.61. The zero-order chi connectivity index (χ0) is 45.9. The molecule has 0 radical (unpaired) electrons. The van der Waals surface area contributed by atoms with E-state index in [1.54, 1.807) is 0 Å². The number of aliphatic hydroxyl groups excluding tert-OH is 2. The van der Waals surface area contributed by atoms with Crippen molar-refractivity contribution in [3.63, 3.8) is 0 Å². The lowest BCUT2D eigenvalue weighted by Crippen LogP contribution is -2.46. The Morgan fingerprint density at radius 1 is 0.476 bits per heavy atom. The van der Waals surface area contributed by atoms with E-state index < -0.39 is 18.2 Å². The zero-order valence-electron chi connectivity index (χ0n) is 41.7. The molecule has 0 spiro atoms. The van der Waals surface area contributed by atoms with Crippen molar-refractivity contribution in [1.29, 1.82) is 0 Å². The number of carbonyl (C=O) groups is 2. The highest BCUT2D eigenvalue weighted by molar-refractivity contribution is 5.77. The molecule has 0 saturated carbocycles. The number of unbranched alkanes of at least 4 members (excludes halogenated alkanes) is 26. The lowest BCUT2D eigenvalue weighted by Gasteiger charge is -2.24. The second kappa shape index (κ2) is 50.6. The maximum atomic E-state index is 13.2. The van der Waals surface area contributed by atoms with E-state index in [-0.39, 0.29) is 24.9 Å². The van der Waals surface area contributed by atoms with E-state index >= 15 is 0 Å². The Morgan fingerprint density at radius 3 is 1.29 bits per heavy atom. The highest BCUT2D eigenvalue weighted by Crippen LogP contribution is 2.18. The number of nitrogens with one attached hydrogen (secondary N) is 1. The first-order valence-electron chi connectivity index (χ1n) is 27.0. The largest absolute Gasteiger partial charge is 0.462 e. The highest BCUT2D eigenvalue weighted by Gasteiger charge is 2.24. The smallest absolute Gasteiger partial charge is 0.306 e. The lowest BCUT2D eigenvalue weighted by molar-refractivity contribution is -0.151. The summed E-state index contributed by atoms with van der Waals surface area (Å²) < 4.78 is 5.94. The SMILES string of the molecule is CC/C=C\C/C=C\C/C=C\C/C=C\C/C=C\CCCCCC(=O)OC(CCCCCCCCCCCCCCCCC)CC(=O)NC(CO)C(O)CCCCCCCCCCCC. The molecule has 366 valence electrons. The summed E-state index contributed by atoms with van der Waals surface area (Å²) in [5.74, 6) is -0.504. The second-order valence-corrected chi connectivity index (χ2v) is 18.3. The van der Waals surface area contributed by atoms with E-state index in [9.17, 15) is 19.8 Å². The van der Waals surface area contributed by atoms with Gasteiger partial charge in [-0.3, -0.25) is 9.59 Å². The Kier molecular flexibility index (Phi) is 48.6. The third-order valence-electron chi connectivity index (χ3n) is 12.1. The summed E-state index contributed by atoms with van der Waals surface area (Å²) in [6.07, 6.45) is 62.8. The van der Waals surface area contributed by atoms with Gasteiger partial charge in [0.15, 0.2) is 0 Å². The molecule has 0 aliphatic carbocycles. The van der Waals surface area contributed by atoms with Gasteiger partial charge in [-0.05, 0) is 70.6 Å². The molecule has 0 heterocycles. The third kappa shape index (κ3) is 45.9. The van der Waals surface area contributed by atoms with Crippen LogP contribution in [0.5, 0.6) is 0 Å². The Morgan fingerprint density at radius 2 is 0.857 bits per heavy atom. The fourth-order valence-electron chi connectivity index (χ4n) is 8.05. The van der Waals surface area contributed by atoms with Gasteiger partial charge in [0.25, 0.3) is 0 Å². The summed E-state index contributed by atoms with van der Waals surface area (Å²) in [7, 11) is 0. The van der Waals surface area contributed by atoms with Crippen LogP contribution in [0.1, 0.15) is 265 Å². The number of amides is 1. The van der Waals surface area contributed by atoms with E-state index in [0.29, 0.717) is 19.3 Å². The van der Waals surface area contributed by atoms with E-state index in [1.807, 2.05) is 0 Å². The highest BCUT2D eigenvalue weighted by atomic mass is 16.5. The van der Waals surface area contributed by atoms with Gasteiger partial charge in [-0.25, -0.2) is 0 Å². The standard InChI is InChI=1S/C57H103NO5/c1-4-7-10-13-16-19-22-24-26-27-28-29-31-33-35-38-41-44-47-50-57(62)63-53(48-45-42-39-36-34-32-30-25-23-20-17-14-11-8-5-2)51-56(61)58-54(52-59)55(60)49-46-43-40-37-21-18-15-12-9-6-3/h7,10,16,19,24,26,28-29,33,35,53-55,59-60H,4-6,8-9,11-15,17-18,20-23,25,27,30-32,34,36-52H2,1-3H3,(H,58,61)/b10-7-,19-16-,26-24-,29-28-,35-33-. The molecular weight excluding hydrogens is 779 g/mol. The molecule has 6 heteroatoms. The van der Waals surface area contributed by atoms with Gasteiger partial charge >= 0.3 is 5.97 Å². The fraction of sp³-hybridized carbons (Fsp3) is 0.789. The van der Waals surface area contributed by atoms with E-state index in [0.717, 1.165) is 89.9 Å². The van der Waals surface area contributed by atoms with E-state index in [4.69, 9.17) is 4.74 Å². The van der Waals surface area contributed by atoms with Gasteiger partial charge in [-0.1, -0.05) is 242 Å². The molecule has 0 rings (SSSR count). The minimum atomic E-state index is -0.792. The molecule has 0 bridgehead atoms. The van der Waals surface area contributed by atoms with Crippen molar-refractivity contribution >= 4 is 11.9 Å². The number of ether oxygens (including phenoxy) is 1. The summed E-state index contributed by atoms with van der Waals surface area (Å²) in [6, 6.07) is -0.707. The number of carbonyl (C=O) groups excluding carboxylic acids is 2. The third-order valence-corrected chi connectivity index (χ3v) is 12.1. The van der Waals surface area contributed by atoms with Gasteiger partial charge in [0.2, 0.25) is 5.91 Å². The summed E-state index contributed by atoms with van der Waals surface area (Å²) in [4.78, 5) is 26.2. The van der Waals surface area contributed by atoms with Crippen molar-refractivity contribution < 1.29 is 24.5 Å². The van der Waals surface area contributed by atoms with Crippen molar-refractivity contribution in [3.05, 3.63) is 60.8 Å². The molecule has 3 N–H and O–H groups in total. The molecule has 0 aliphatic heterocycles. The number of allylic oxidation sites excluding steroid dienone is 10. The average molecular weight is 882 g/mol. The van der Waals surface area contributed by atoms with E-state index in [1.165, 1.54) is 128 Å². The van der Waals surface area contributed by atoms with Crippen molar-refractivity contribution in [3.8, 4) is 0 Å². The molecule has 0 aromatic carbocycles. The van der Waals surface area contributed by atoms with Gasteiger partial charge in [-0.2, -0.15) is 0 Å². The minimum Gasteiger partial charge on any atom is -0.462 e. The maximum absolute atomic E-state index is 13.2. The van der Waals surface area contributed by atoms with Crippen LogP contribution in [-0.4, -0.2) is 46.9 Å². The molecule has 0 fully saturated rings. The maximum Gasteiger partial charge on any atom is 0.306 e. The van der Waals surface area contributed by atoms with Gasteiger partial charge < -0.3 is 20.3 Å². The fourth-order valence-corrected chi connectivity index (χ4v) is 8.05. The average Bonchev–Trinajstić information content (AvgIpc) is 3.28. The van der Waals surface area contributed by atoms with E-state index in [2.05, 4.69) is 86.8 Å². The molecule has 0 aromatic rings. The summed E-state index contributed by atoms with van der Waals surface area (Å²) in [5.41, 5.74) is 0. The Labute approximate surface area is 390 Å². The van der Waals surface area contributed by atoms with Crippen LogP contribution >= 0.6 is 0 Å². The number of aliphatic hydroxyl groups is 2. The van der Waals surface area contributed by atoms with Crippen LogP contribution in [0.25, 0.3) is 0 Å². The summed E-state index contributed by atoms with van der Waals surface area (Å²) in [6.45, 7) is 6.37. The van der Waals surface area contributed by atoms with Crippen molar-refractivity contribution in [1.82, 2.24) is 5.32 Å². The predicted molar refractivity (Wildman–Crippen MR) is 273 cm³/mol. The Bertz CT molecular complexity index is 1130. The van der Waals surface area contributed by atoms with Crippen LogP contribution in [0.15, 0.2) is 60.8 Å². The van der Waals surface area contributed by atoms with Crippen LogP contribution in [0, 0.1) is 0 Å². The van der Waals surface area contributed by atoms with Gasteiger partial charge in [0.1, 0.15) is 6.10 Å². The van der Waals surface area contributed by atoms with Gasteiger partial charge in [0, 0.05) is 6.42 Å².